The zero-order chi connectivity index (χ0) is 8.85. The molecule has 0 fully saturated rings. The third-order valence-corrected chi connectivity index (χ3v) is 1.42. The van der Waals surface area contributed by atoms with E-state index in [-0.39, 0.29) is 4.99 Å². The Bertz CT molecular complexity index is 160. The Kier molecular flexibility index (Phi) is 4.72. The van der Waals surface area contributed by atoms with Crippen LogP contribution in [0.25, 0.3) is 0 Å². The van der Waals surface area contributed by atoms with Crippen molar-refractivity contribution in [3.63, 3.8) is 0 Å². The number of hydrogen-bond acceptors (Lipinski definition) is 3. The molecule has 0 radical (unpaired) electrons. The van der Waals surface area contributed by atoms with E-state index in [0.29, 0.717) is 13.0 Å². The van der Waals surface area contributed by atoms with Gasteiger partial charge in [-0.2, -0.15) is 0 Å². The Balaban J connectivity index is 4.09. The molecule has 11 heavy (non-hydrogen) atoms. The second-order valence-corrected chi connectivity index (χ2v) is 2.21. The zero-order valence-electron chi connectivity index (χ0n) is 6.53. The first-order valence-electron chi connectivity index (χ1n) is 3.32. The molecule has 0 unspecified atom stereocenters. The number of thiocarbonyl (C=S) groups is 1. The second kappa shape index (κ2) is 5.03. The van der Waals surface area contributed by atoms with Gasteiger partial charge in [-0.05, 0) is 13.3 Å². The van der Waals surface area contributed by atoms with Crippen LogP contribution in [0.3, 0.4) is 0 Å². The van der Waals surface area contributed by atoms with Crippen molar-refractivity contribution in [2.24, 2.45) is 0 Å². The molecule has 0 saturated carbocycles. The maximum absolute atomic E-state index is 10.4. The third kappa shape index (κ3) is 3.29. The maximum atomic E-state index is 10.4. The number of nitrogens with zero attached hydrogens (tertiary/aromatic N) is 1. The lowest BCUT2D eigenvalue weighted by atomic mass is 10.5. The summed E-state index contributed by atoms with van der Waals surface area (Å²) in [6.45, 7) is 3.78. The fraction of sp³-hybridized carbons (Fsp3) is 0.667. The Morgan fingerprint density at radius 2 is 2.18 bits per heavy atom. The highest BCUT2D eigenvalue weighted by atomic mass is 32.1. The van der Waals surface area contributed by atoms with Crippen molar-refractivity contribution in [2.75, 3.05) is 6.61 Å². The van der Waals surface area contributed by atoms with E-state index in [9.17, 15) is 4.79 Å². The van der Waals surface area contributed by atoms with Crippen molar-refractivity contribution in [1.29, 1.82) is 0 Å². The standard InChI is InChI=1S/C6H11NO3S/c1-3-5(11)7(6(8)9)10-4-2/h3-4H2,1-2H3,(H,8,9). The van der Waals surface area contributed by atoms with Gasteiger partial charge in [-0.15, -0.1) is 5.06 Å². The Labute approximate surface area is 70.7 Å². The number of carboxylic acid groups (broad SMARTS) is 1. The highest BCUT2D eigenvalue weighted by molar-refractivity contribution is 7.80. The molecule has 1 N–H and O–H groups in total. The molecule has 0 spiro atoms. The van der Waals surface area contributed by atoms with Gasteiger partial charge in [-0.25, -0.2) is 4.79 Å². The maximum Gasteiger partial charge on any atom is 0.436 e. The van der Waals surface area contributed by atoms with Crippen LogP contribution in [0.4, 0.5) is 4.79 Å². The van der Waals surface area contributed by atoms with Crippen LogP contribution in [0.15, 0.2) is 0 Å². The summed E-state index contributed by atoms with van der Waals surface area (Å²) in [6.07, 6.45) is -0.680. The number of amides is 1. The van der Waals surface area contributed by atoms with Crippen LogP contribution < -0.4 is 0 Å². The molecule has 0 rings (SSSR count). The first-order chi connectivity index (χ1) is 5.13. The summed E-state index contributed by atoms with van der Waals surface area (Å²) in [5.74, 6) is 0. The molecular formula is C6H11NO3S. The van der Waals surface area contributed by atoms with Gasteiger partial charge in [-0.3, -0.25) is 4.84 Å². The van der Waals surface area contributed by atoms with Crippen LogP contribution in [-0.2, 0) is 4.84 Å². The lowest BCUT2D eigenvalue weighted by Gasteiger charge is -2.16. The molecule has 0 saturated heterocycles. The molecule has 0 aromatic heterocycles. The Morgan fingerprint density at radius 3 is 2.45 bits per heavy atom. The van der Waals surface area contributed by atoms with Crippen LogP contribution >= 0.6 is 12.2 Å². The number of carbonyl (C=O) groups is 1. The summed E-state index contributed by atoms with van der Waals surface area (Å²) in [5, 5.41) is 9.24. The minimum absolute atomic E-state index is 0.277. The molecule has 0 aromatic rings. The van der Waals surface area contributed by atoms with E-state index >= 15 is 0 Å². The predicted octanol–water partition coefficient (Wildman–Crippen LogP) is 1.66. The molecule has 4 nitrogen and oxygen atoms in total. The fourth-order valence-corrected chi connectivity index (χ4v) is 0.637. The first-order valence-corrected chi connectivity index (χ1v) is 3.73. The average Bonchev–Trinajstić information content (AvgIpc) is 1.98. The van der Waals surface area contributed by atoms with Gasteiger partial charge in [-0.1, -0.05) is 19.1 Å². The smallest absolute Gasteiger partial charge is 0.436 e. The van der Waals surface area contributed by atoms with Crippen LogP contribution in [0.1, 0.15) is 20.3 Å². The van der Waals surface area contributed by atoms with Crippen LogP contribution in [-0.4, -0.2) is 27.9 Å². The first kappa shape index (κ1) is 10.3. The molecule has 0 heterocycles. The summed E-state index contributed by atoms with van der Waals surface area (Å²) in [4.78, 5) is 15.4. The van der Waals surface area contributed by atoms with Crippen LogP contribution in [0, 0.1) is 0 Å². The summed E-state index contributed by atoms with van der Waals surface area (Å²) >= 11 is 4.74. The number of hydrogen-bond donors (Lipinski definition) is 1. The lowest BCUT2D eigenvalue weighted by Crippen LogP contribution is -2.34. The molecule has 0 aromatic carbocycles. The SMILES string of the molecule is CCON(C(=O)O)C(=S)CC. The zero-order valence-corrected chi connectivity index (χ0v) is 7.35. The molecule has 5 heteroatoms. The minimum atomic E-state index is -1.17. The predicted molar refractivity (Wildman–Crippen MR) is 44.4 cm³/mol. The molecule has 0 atom stereocenters. The van der Waals surface area contributed by atoms with Gasteiger partial charge in [0.15, 0.2) is 0 Å². The van der Waals surface area contributed by atoms with Crippen molar-refractivity contribution < 1.29 is 14.7 Å². The summed E-state index contributed by atoms with van der Waals surface area (Å²) in [7, 11) is 0. The highest BCUT2D eigenvalue weighted by Gasteiger charge is 2.15. The molecule has 64 valence electrons. The largest absolute Gasteiger partial charge is 0.463 e. The van der Waals surface area contributed by atoms with E-state index in [2.05, 4.69) is 0 Å². The van der Waals surface area contributed by atoms with Gasteiger partial charge in [0.1, 0.15) is 4.99 Å². The van der Waals surface area contributed by atoms with Gasteiger partial charge < -0.3 is 5.11 Å². The monoisotopic (exact) mass is 177 g/mol. The van der Waals surface area contributed by atoms with E-state index in [1.165, 1.54) is 0 Å². The van der Waals surface area contributed by atoms with Gasteiger partial charge >= 0.3 is 6.09 Å². The topological polar surface area (TPSA) is 49.8 Å². The van der Waals surface area contributed by atoms with Gasteiger partial charge in [0.2, 0.25) is 0 Å². The Morgan fingerprint density at radius 1 is 1.64 bits per heavy atom. The fourth-order valence-electron chi connectivity index (χ4n) is 0.507. The minimum Gasteiger partial charge on any atom is -0.463 e. The summed E-state index contributed by atoms with van der Waals surface area (Å²) < 4.78 is 0. The van der Waals surface area contributed by atoms with Crippen LogP contribution in [0.5, 0.6) is 0 Å². The van der Waals surface area contributed by atoms with E-state index < -0.39 is 6.09 Å². The molecule has 0 aliphatic rings. The third-order valence-electron chi connectivity index (χ3n) is 0.961. The van der Waals surface area contributed by atoms with Gasteiger partial charge in [0.05, 0.1) is 6.61 Å². The molecule has 0 aliphatic carbocycles. The quantitative estimate of drug-likeness (QED) is 0.526. The van der Waals surface area contributed by atoms with E-state index in [0.717, 1.165) is 5.06 Å². The summed E-state index contributed by atoms with van der Waals surface area (Å²) in [6, 6.07) is 0. The van der Waals surface area contributed by atoms with Crippen molar-refractivity contribution >= 4 is 23.3 Å². The van der Waals surface area contributed by atoms with Crippen molar-refractivity contribution in [1.82, 2.24) is 5.06 Å². The van der Waals surface area contributed by atoms with Crippen molar-refractivity contribution in [3.05, 3.63) is 0 Å². The normalized spacial score (nSPS) is 9.27. The molecule has 0 bridgehead atoms. The lowest BCUT2D eigenvalue weighted by molar-refractivity contribution is -0.0701. The van der Waals surface area contributed by atoms with Gasteiger partial charge in [0.25, 0.3) is 0 Å². The Hall–Kier alpha value is -0.680. The molecule has 1 amide bonds. The molecule has 0 aliphatic heterocycles. The van der Waals surface area contributed by atoms with E-state index in [1.807, 2.05) is 0 Å². The molecular weight excluding hydrogens is 166 g/mol. The van der Waals surface area contributed by atoms with E-state index in [4.69, 9.17) is 22.2 Å². The second-order valence-electron chi connectivity index (χ2n) is 1.74. The van der Waals surface area contributed by atoms with Crippen LogP contribution in [0.2, 0.25) is 0 Å². The van der Waals surface area contributed by atoms with Gasteiger partial charge in [0, 0.05) is 0 Å². The van der Waals surface area contributed by atoms with Crippen molar-refractivity contribution in [3.8, 4) is 0 Å². The number of hydroxylamine groups is 2. The van der Waals surface area contributed by atoms with E-state index in [1.54, 1.807) is 13.8 Å². The highest BCUT2D eigenvalue weighted by Crippen LogP contribution is 1.98. The van der Waals surface area contributed by atoms with Crippen molar-refractivity contribution in [2.45, 2.75) is 20.3 Å². The number of rotatable bonds is 3. The average molecular weight is 177 g/mol. The summed E-state index contributed by atoms with van der Waals surface area (Å²) in [5.41, 5.74) is 0.